The Morgan fingerprint density at radius 1 is 1.00 bits per heavy atom. The Hall–Kier alpha value is -3.15. The highest BCUT2D eigenvalue weighted by Crippen LogP contribution is 2.34. The number of rotatable bonds is 4. The fourth-order valence-electron chi connectivity index (χ4n) is 2.54. The van der Waals surface area contributed by atoms with Gasteiger partial charge in [0.05, 0.1) is 12.7 Å². The average Bonchev–Trinajstić information content (AvgIpc) is 2.81. The molecule has 122 valence electrons. The summed E-state index contributed by atoms with van der Waals surface area (Å²) in [5.74, 6) is -0.771. The second-order valence-electron chi connectivity index (χ2n) is 5.25. The van der Waals surface area contributed by atoms with Crippen molar-refractivity contribution in [2.75, 3.05) is 19.5 Å². The summed E-state index contributed by atoms with van der Waals surface area (Å²) in [6.07, 6.45) is 0. The lowest BCUT2D eigenvalue weighted by atomic mass is 10.0. The van der Waals surface area contributed by atoms with Gasteiger partial charge in [-0.15, -0.1) is 0 Å². The SMILES string of the molecule is COc1ccccc1C1=C(Nc2ccc(F)cc2)C(=O)N(C)C1=O. The van der Waals surface area contributed by atoms with Gasteiger partial charge in [-0.3, -0.25) is 14.5 Å². The van der Waals surface area contributed by atoms with Gasteiger partial charge in [-0.05, 0) is 30.3 Å². The first-order chi connectivity index (χ1) is 11.5. The molecule has 1 aliphatic heterocycles. The molecule has 0 unspecified atom stereocenters. The van der Waals surface area contributed by atoms with Gasteiger partial charge in [-0.2, -0.15) is 0 Å². The number of carbonyl (C=O) groups excluding carboxylic acids is 2. The van der Waals surface area contributed by atoms with Crippen LogP contribution in [0.25, 0.3) is 5.57 Å². The second-order valence-corrected chi connectivity index (χ2v) is 5.25. The molecule has 0 aromatic heterocycles. The molecule has 2 aromatic rings. The van der Waals surface area contributed by atoms with Crippen LogP contribution in [0.5, 0.6) is 5.75 Å². The summed E-state index contributed by atoms with van der Waals surface area (Å²) in [6.45, 7) is 0. The van der Waals surface area contributed by atoms with E-state index in [1.807, 2.05) is 0 Å². The van der Waals surface area contributed by atoms with E-state index in [9.17, 15) is 14.0 Å². The number of carbonyl (C=O) groups is 2. The molecule has 6 heteroatoms. The Labute approximate surface area is 138 Å². The summed E-state index contributed by atoms with van der Waals surface area (Å²) in [5, 5.41) is 2.92. The Kier molecular flexibility index (Phi) is 4.04. The van der Waals surface area contributed by atoms with Crippen molar-refractivity contribution in [3.05, 3.63) is 65.6 Å². The molecule has 0 saturated heterocycles. The predicted molar refractivity (Wildman–Crippen MR) is 87.7 cm³/mol. The summed E-state index contributed by atoms with van der Waals surface area (Å²) in [6, 6.07) is 12.5. The molecular weight excluding hydrogens is 311 g/mol. The number of nitrogens with zero attached hydrogens (tertiary/aromatic N) is 1. The molecule has 0 fully saturated rings. The molecule has 5 nitrogen and oxygen atoms in total. The van der Waals surface area contributed by atoms with Crippen molar-refractivity contribution in [2.45, 2.75) is 0 Å². The highest BCUT2D eigenvalue weighted by molar-refractivity contribution is 6.36. The molecule has 2 aromatic carbocycles. The predicted octanol–water partition coefficient (Wildman–Crippen LogP) is 2.66. The number of benzene rings is 2. The third-order valence-electron chi connectivity index (χ3n) is 3.78. The number of halogens is 1. The molecule has 0 radical (unpaired) electrons. The van der Waals surface area contributed by atoms with Crippen LogP contribution in [0.2, 0.25) is 0 Å². The lowest BCUT2D eigenvalue weighted by molar-refractivity contribution is -0.135. The van der Waals surface area contributed by atoms with Crippen molar-refractivity contribution >= 4 is 23.1 Å². The molecule has 3 rings (SSSR count). The Bertz CT molecular complexity index is 844. The molecule has 24 heavy (non-hydrogen) atoms. The van der Waals surface area contributed by atoms with Crippen LogP contribution in [0.3, 0.4) is 0 Å². The Morgan fingerprint density at radius 2 is 1.67 bits per heavy atom. The zero-order valence-electron chi connectivity index (χ0n) is 13.2. The van der Waals surface area contributed by atoms with E-state index in [0.29, 0.717) is 17.0 Å². The van der Waals surface area contributed by atoms with E-state index < -0.39 is 11.8 Å². The van der Waals surface area contributed by atoms with Gasteiger partial charge < -0.3 is 10.1 Å². The summed E-state index contributed by atoms with van der Waals surface area (Å²) in [7, 11) is 2.91. The molecule has 0 saturated carbocycles. The topological polar surface area (TPSA) is 58.6 Å². The second kappa shape index (κ2) is 6.16. The monoisotopic (exact) mass is 326 g/mol. The summed E-state index contributed by atoms with van der Waals surface area (Å²) >= 11 is 0. The molecule has 1 N–H and O–H groups in total. The molecular formula is C18H15FN2O3. The van der Waals surface area contributed by atoms with Crippen LogP contribution in [-0.4, -0.2) is 30.9 Å². The van der Waals surface area contributed by atoms with Gasteiger partial charge in [0, 0.05) is 18.3 Å². The lowest BCUT2D eigenvalue weighted by Crippen LogP contribution is -2.27. The van der Waals surface area contributed by atoms with Crippen LogP contribution in [0.15, 0.2) is 54.2 Å². The van der Waals surface area contributed by atoms with Crippen molar-refractivity contribution in [2.24, 2.45) is 0 Å². The van der Waals surface area contributed by atoms with Gasteiger partial charge in [0.25, 0.3) is 11.8 Å². The van der Waals surface area contributed by atoms with E-state index in [2.05, 4.69) is 5.32 Å². The zero-order valence-corrected chi connectivity index (χ0v) is 13.2. The largest absolute Gasteiger partial charge is 0.496 e. The maximum atomic E-state index is 13.1. The van der Waals surface area contributed by atoms with Crippen molar-refractivity contribution in [1.82, 2.24) is 4.90 Å². The summed E-state index contributed by atoms with van der Waals surface area (Å²) < 4.78 is 18.4. The molecule has 2 amide bonds. The number of methoxy groups -OCH3 is 1. The summed E-state index contributed by atoms with van der Waals surface area (Å²) in [4.78, 5) is 26.0. The van der Waals surface area contributed by atoms with E-state index in [0.717, 1.165) is 4.90 Å². The highest BCUT2D eigenvalue weighted by Gasteiger charge is 2.37. The standard InChI is InChI=1S/C18H15FN2O3/c1-21-17(22)15(13-5-3-4-6-14(13)24-2)16(18(21)23)20-12-9-7-11(19)8-10-12/h3-10,20H,1-2H3. The van der Waals surface area contributed by atoms with Crippen molar-refractivity contribution in [3.63, 3.8) is 0 Å². The molecule has 1 aliphatic rings. The van der Waals surface area contributed by atoms with Crippen LogP contribution in [-0.2, 0) is 9.59 Å². The van der Waals surface area contributed by atoms with Crippen LogP contribution < -0.4 is 10.1 Å². The number of amides is 2. The number of nitrogens with one attached hydrogen (secondary N) is 1. The third kappa shape index (κ3) is 2.62. The quantitative estimate of drug-likeness (QED) is 0.878. The first-order valence-electron chi connectivity index (χ1n) is 7.25. The first-order valence-corrected chi connectivity index (χ1v) is 7.25. The molecule has 0 aliphatic carbocycles. The van der Waals surface area contributed by atoms with Gasteiger partial charge in [0.2, 0.25) is 0 Å². The Morgan fingerprint density at radius 3 is 2.33 bits per heavy atom. The van der Waals surface area contributed by atoms with Gasteiger partial charge >= 0.3 is 0 Å². The van der Waals surface area contributed by atoms with Gasteiger partial charge in [0.1, 0.15) is 17.3 Å². The van der Waals surface area contributed by atoms with Gasteiger partial charge in [-0.1, -0.05) is 18.2 Å². The highest BCUT2D eigenvalue weighted by atomic mass is 19.1. The number of anilines is 1. The molecule has 0 bridgehead atoms. The third-order valence-corrected chi connectivity index (χ3v) is 3.78. The van der Waals surface area contributed by atoms with Crippen molar-refractivity contribution in [1.29, 1.82) is 0 Å². The van der Waals surface area contributed by atoms with Gasteiger partial charge in [-0.25, -0.2) is 4.39 Å². The van der Waals surface area contributed by atoms with E-state index in [1.54, 1.807) is 24.3 Å². The maximum absolute atomic E-state index is 13.1. The van der Waals surface area contributed by atoms with Crippen LogP contribution >= 0.6 is 0 Å². The van der Waals surface area contributed by atoms with E-state index >= 15 is 0 Å². The minimum absolute atomic E-state index is 0.138. The van der Waals surface area contributed by atoms with Crippen LogP contribution in [0.4, 0.5) is 10.1 Å². The molecule has 0 spiro atoms. The number of para-hydroxylation sites is 1. The van der Waals surface area contributed by atoms with Crippen molar-refractivity contribution < 1.29 is 18.7 Å². The van der Waals surface area contributed by atoms with Crippen LogP contribution in [0.1, 0.15) is 5.56 Å². The fourth-order valence-corrected chi connectivity index (χ4v) is 2.54. The zero-order chi connectivity index (χ0) is 17.3. The molecule has 0 atom stereocenters. The minimum atomic E-state index is -0.453. The summed E-state index contributed by atoms with van der Waals surface area (Å²) in [5.41, 5.74) is 1.39. The van der Waals surface area contributed by atoms with Crippen LogP contribution in [0, 0.1) is 5.82 Å². The normalized spacial score (nSPS) is 14.4. The van der Waals surface area contributed by atoms with Crippen molar-refractivity contribution in [3.8, 4) is 5.75 Å². The average molecular weight is 326 g/mol. The maximum Gasteiger partial charge on any atom is 0.277 e. The van der Waals surface area contributed by atoms with E-state index in [1.165, 1.54) is 38.4 Å². The number of likely N-dealkylation sites (N-methyl/N-ethyl adjacent to an activating group) is 1. The number of ether oxygens (including phenoxy) is 1. The number of hydrogen-bond acceptors (Lipinski definition) is 4. The first kappa shape index (κ1) is 15.7. The number of hydrogen-bond donors (Lipinski definition) is 1. The smallest absolute Gasteiger partial charge is 0.277 e. The molecule has 1 heterocycles. The fraction of sp³-hybridized carbons (Fsp3) is 0.111. The minimum Gasteiger partial charge on any atom is -0.496 e. The number of imide groups is 1. The lowest BCUT2D eigenvalue weighted by Gasteiger charge is -2.10. The Balaban J connectivity index is 2.12. The van der Waals surface area contributed by atoms with E-state index in [-0.39, 0.29) is 17.1 Å². The van der Waals surface area contributed by atoms with E-state index in [4.69, 9.17) is 4.74 Å². The van der Waals surface area contributed by atoms with Gasteiger partial charge in [0.15, 0.2) is 0 Å².